The Morgan fingerprint density at radius 3 is 2.21 bits per heavy atom. The topological polar surface area (TPSA) is 146 Å². The Kier molecular flexibility index (Phi) is 13.4. The molecule has 0 atom stereocenters. The number of carboxylic acids is 1. The van der Waals surface area contributed by atoms with E-state index < -0.39 is 24.1 Å². The second-order valence-corrected chi connectivity index (χ2v) is 10.0. The number of piperazine rings is 1. The third-order valence-corrected chi connectivity index (χ3v) is 6.25. The number of nitrogens with one attached hydrogen (secondary N) is 2. The summed E-state index contributed by atoms with van der Waals surface area (Å²) in [5, 5.41) is 21.2. The van der Waals surface area contributed by atoms with Gasteiger partial charge in [-0.2, -0.15) is 18.4 Å². The summed E-state index contributed by atoms with van der Waals surface area (Å²) in [5.41, 5.74) is 2.02. The van der Waals surface area contributed by atoms with Gasteiger partial charge in [-0.1, -0.05) is 50.2 Å². The second-order valence-electron chi connectivity index (χ2n) is 10.0. The molecule has 2 aromatic rings. The Hall–Kier alpha value is -4.64. The number of carbonyl (C=O) groups is 4. The molecule has 1 fully saturated rings. The summed E-state index contributed by atoms with van der Waals surface area (Å²) >= 11 is 0. The van der Waals surface area contributed by atoms with Crippen LogP contribution in [0.4, 0.5) is 28.4 Å². The van der Waals surface area contributed by atoms with Crippen molar-refractivity contribution in [2.24, 2.45) is 5.92 Å². The highest BCUT2D eigenvalue weighted by atomic mass is 19.4. The Balaban J connectivity index is 0.000000821. The number of alkyl halides is 3. The van der Waals surface area contributed by atoms with E-state index in [9.17, 15) is 27.6 Å². The first-order chi connectivity index (χ1) is 20.3. The van der Waals surface area contributed by atoms with Crippen molar-refractivity contribution in [2.45, 2.75) is 33.0 Å². The van der Waals surface area contributed by atoms with Gasteiger partial charge in [0.15, 0.2) is 0 Å². The molecule has 1 saturated heterocycles. The van der Waals surface area contributed by atoms with Crippen molar-refractivity contribution in [3.63, 3.8) is 0 Å². The summed E-state index contributed by atoms with van der Waals surface area (Å²) in [6.45, 7) is 7.71. The largest absolute Gasteiger partial charge is 0.490 e. The lowest BCUT2D eigenvalue weighted by atomic mass is 10.1. The highest BCUT2D eigenvalue weighted by Gasteiger charge is 2.38. The van der Waals surface area contributed by atoms with Gasteiger partial charge in [0.05, 0.1) is 6.07 Å². The number of carbonyl (C=O) groups excluding carboxylic acids is 3. The van der Waals surface area contributed by atoms with E-state index in [1.165, 1.54) is 5.56 Å². The number of nitriles is 1. The smallest absolute Gasteiger partial charge is 0.475 e. The van der Waals surface area contributed by atoms with Crippen LogP contribution in [-0.4, -0.2) is 89.2 Å². The first-order valence-electron chi connectivity index (χ1n) is 13.5. The number of amides is 5. The monoisotopic (exact) mass is 604 g/mol. The molecule has 0 aromatic heterocycles. The van der Waals surface area contributed by atoms with Crippen molar-refractivity contribution in [3.8, 4) is 6.07 Å². The van der Waals surface area contributed by atoms with Gasteiger partial charge in [0, 0.05) is 50.5 Å². The van der Waals surface area contributed by atoms with Crippen LogP contribution in [0.2, 0.25) is 0 Å². The van der Waals surface area contributed by atoms with E-state index in [1.807, 2.05) is 38.1 Å². The highest BCUT2D eigenvalue weighted by Crippen LogP contribution is 2.16. The molecular weight excluding hydrogens is 569 g/mol. The number of benzene rings is 2. The van der Waals surface area contributed by atoms with Crippen LogP contribution in [0.5, 0.6) is 0 Å². The Morgan fingerprint density at radius 1 is 1.02 bits per heavy atom. The van der Waals surface area contributed by atoms with Gasteiger partial charge in [-0.25, -0.2) is 14.4 Å². The third-order valence-electron chi connectivity index (χ3n) is 6.25. The molecule has 3 N–H and O–H groups in total. The van der Waals surface area contributed by atoms with E-state index in [0.717, 1.165) is 24.5 Å². The molecule has 0 unspecified atom stereocenters. The van der Waals surface area contributed by atoms with Gasteiger partial charge < -0.3 is 20.6 Å². The summed E-state index contributed by atoms with van der Waals surface area (Å²) in [4.78, 5) is 52.6. The van der Waals surface area contributed by atoms with Gasteiger partial charge in [0.2, 0.25) is 0 Å². The van der Waals surface area contributed by atoms with Crippen molar-refractivity contribution >= 4 is 29.6 Å². The van der Waals surface area contributed by atoms with Crippen molar-refractivity contribution in [3.05, 3.63) is 65.7 Å². The van der Waals surface area contributed by atoms with Gasteiger partial charge in [0.1, 0.15) is 6.54 Å². The molecule has 3 rings (SSSR count). The number of hydrogen-bond donors (Lipinski definition) is 3. The lowest BCUT2D eigenvalue weighted by Gasteiger charge is -2.34. The van der Waals surface area contributed by atoms with Gasteiger partial charge in [-0.3, -0.25) is 14.6 Å². The number of rotatable bonds is 8. The number of carboxylic acid groups (broad SMARTS) is 1. The van der Waals surface area contributed by atoms with E-state index in [2.05, 4.69) is 27.7 Å². The standard InChI is InChI=1S/C27H34N6O3.C2HF3O2/c1-21(2)11-14-33(26(35)29-13-12-28)25(34)23-9-6-10-24(19-23)30-27(36)32-17-15-31(16-18-32)20-22-7-4-3-5-8-22;3-2(4,5)1(6)7/h3-10,19,21H,11,13-18,20H2,1-2H3,(H,29,35)(H,30,36);(H,6,7). The van der Waals surface area contributed by atoms with E-state index in [4.69, 9.17) is 15.2 Å². The quantitative estimate of drug-likeness (QED) is 0.379. The number of halogens is 3. The van der Waals surface area contributed by atoms with Crippen LogP contribution in [0, 0.1) is 17.2 Å². The fraction of sp³-hybridized carbons (Fsp3) is 0.414. The molecule has 2 aromatic carbocycles. The predicted octanol–water partition coefficient (Wildman–Crippen LogP) is 4.39. The molecular formula is C29H35F3N6O5. The van der Waals surface area contributed by atoms with E-state index in [-0.39, 0.29) is 24.7 Å². The normalized spacial score (nSPS) is 13.3. The number of aliphatic carboxylic acids is 1. The van der Waals surface area contributed by atoms with E-state index in [1.54, 1.807) is 29.2 Å². The average molecular weight is 605 g/mol. The van der Waals surface area contributed by atoms with Crippen molar-refractivity contribution < 1.29 is 37.5 Å². The summed E-state index contributed by atoms with van der Waals surface area (Å²) < 4.78 is 31.7. The molecule has 5 amide bonds. The lowest BCUT2D eigenvalue weighted by Crippen LogP contribution is -2.49. The number of imide groups is 1. The van der Waals surface area contributed by atoms with Gasteiger partial charge >= 0.3 is 24.2 Å². The second kappa shape index (κ2) is 16.7. The fourth-order valence-electron chi connectivity index (χ4n) is 3.93. The number of urea groups is 2. The predicted molar refractivity (Wildman–Crippen MR) is 152 cm³/mol. The Labute approximate surface area is 247 Å². The molecule has 43 heavy (non-hydrogen) atoms. The molecule has 11 nitrogen and oxygen atoms in total. The van der Waals surface area contributed by atoms with E-state index >= 15 is 0 Å². The maximum absolute atomic E-state index is 13.1. The Morgan fingerprint density at radius 2 is 1.65 bits per heavy atom. The van der Waals surface area contributed by atoms with Gasteiger partial charge in [-0.05, 0) is 36.1 Å². The maximum Gasteiger partial charge on any atom is 0.490 e. The maximum atomic E-state index is 13.1. The van der Waals surface area contributed by atoms with Crippen LogP contribution >= 0.6 is 0 Å². The minimum absolute atomic E-state index is 0.182. The number of anilines is 1. The van der Waals surface area contributed by atoms with Crippen LogP contribution in [-0.2, 0) is 11.3 Å². The average Bonchev–Trinajstić information content (AvgIpc) is 2.96. The summed E-state index contributed by atoms with van der Waals surface area (Å²) in [6, 6.07) is 17.9. The molecule has 0 bridgehead atoms. The van der Waals surface area contributed by atoms with Crippen molar-refractivity contribution in [1.82, 2.24) is 20.0 Å². The highest BCUT2D eigenvalue weighted by molar-refractivity contribution is 6.05. The first kappa shape index (κ1) is 34.6. The molecule has 1 aliphatic rings. The minimum atomic E-state index is -5.08. The zero-order valence-electron chi connectivity index (χ0n) is 23.9. The molecule has 0 radical (unpaired) electrons. The van der Waals surface area contributed by atoms with Gasteiger partial charge in [0.25, 0.3) is 5.91 Å². The zero-order chi connectivity index (χ0) is 32.0. The fourth-order valence-corrected chi connectivity index (χ4v) is 3.93. The summed E-state index contributed by atoms with van der Waals surface area (Å²) in [5.74, 6) is -2.94. The molecule has 1 heterocycles. The molecule has 232 valence electrons. The minimum Gasteiger partial charge on any atom is -0.475 e. The first-order valence-corrected chi connectivity index (χ1v) is 13.5. The molecule has 1 aliphatic heterocycles. The number of hydrogen-bond acceptors (Lipinski definition) is 6. The third kappa shape index (κ3) is 12.0. The van der Waals surface area contributed by atoms with Crippen LogP contribution in [0.15, 0.2) is 54.6 Å². The molecule has 0 aliphatic carbocycles. The molecule has 14 heteroatoms. The van der Waals surface area contributed by atoms with Crippen LogP contribution in [0.1, 0.15) is 36.2 Å². The SMILES string of the molecule is CC(C)CCN(C(=O)NCC#N)C(=O)c1cccc(NC(=O)N2CCN(Cc3ccccc3)CC2)c1.O=C(O)C(F)(F)F. The van der Waals surface area contributed by atoms with Crippen LogP contribution < -0.4 is 10.6 Å². The van der Waals surface area contributed by atoms with Crippen molar-refractivity contribution in [2.75, 3.05) is 44.6 Å². The van der Waals surface area contributed by atoms with Crippen LogP contribution in [0.25, 0.3) is 0 Å². The summed E-state index contributed by atoms with van der Waals surface area (Å²) in [7, 11) is 0. The number of nitrogens with zero attached hydrogens (tertiary/aromatic N) is 4. The lowest BCUT2D eigenvalue weighted by molar-refractivity contribution is -0.192. The molecule has 0 spiro atoms. The van der Waals surface area contributed by atoms with E-state index in [0.29, 0.717) is 31.1 Å². The Bertz CT molecular complexity index is 1280. The van der Waals surface area contributed by atoms with Crippen molar-refractivity contribution in [1.29, 1.82) is 5.26 Å². The zero-order valence-corrected chi connectivity index (χ0v) is 23.9. The van der Waals surface area contributed by atoms with Gasteiger partial charge in [-0.15, -0.1) is 0 Å². The van der Waals surface area contributed by atoms with Crippen LogP contribution in [0.3, 0.4) is 0 Å². The molecule has 0 saturated carbocycles. The summed E-state index contributed by atoms with van der Waals surface area (Å²) in [6.07, 6.45) is -4.45.